The van der Waals surface area contributed by atoms with Gasteiger partial charge in [0.15, 0.2) is 0 Å². The lowest BCUT2D eigenvalue weighted by atomic mass is 10.2. The highest BCUT2D eigenvalue weighted by atomic mass is 35.5. The summed E-state index contributed by atoms with van der Waals surface area (Å²) in [4.78, 5) is 28.2. The van der Waals surface area contributed by atoms with Crippen LogP contribution in [0.25, 0.3) is 0 Å². The third kappa shape index (κ3) is 6.56. The second-order valence-corrected chi connectivity index (χ2v) is 8.55. The van der Waals surface area contributed by atoms with Crippen LogP contribution in [-0.4, -0.2) is 61.1 Å². The van der Waals surface area contributed by atoms with Crippen LogP contribution in [0.2, 0.25) is 20.1 Å². The highest BCUT2D eigenvalue weighted by Crippen LogP contribution is 2.40. The molecule has 0 bridgehead atoms. The lowest BCUT2D eigenvalue weighted by Crippen LogP contribution is -2.38. The maximum Gasteiger partial charge on any atom is 0.409 e. The molecule has 0 aromatic heterocycles. The molecule has 0 unspecified atom stereocenters. The summed E-state index contributed by atoms with van der Waals surface area (Å²) >= 11 is 24.2. The van der Waals surface area contributed by atoms with E-state index in [2.05, 4.69) is 5.32 Å². The molecule has 1 fully saturated rings. The van der Waals surface area contributed by atoms with Gasteiger partial charge in [-0.05, 0) is 18.4 Å². The highest BCUT2D eigenvalue weighted by Gasteiger charge is 2.23. The van der Waals surface area contributed by atoms with Crippen LogP contribution in [0.15, 0.2) is 6.07 Å². The van der Waals surface area contributed by atoms with Crippen LogP contribution < -0.4 is 5.32 Å². The molecule has 2 amide bonds. The Bertz CT molecular complexity index is 704. The predicted octanol–water partition coefficient (Wildman–Crippen LogP) is 5.04. The van der Waals surface area contributed by atoms with Crippen molar-refractivity contribution in [2.24, 2.45) is 5.92 Å². The Kier molecular flexibility index (Phi) is 8.96. The van der Waals surface area contributed by atoms with E-state index >= 15 is 0 Å². The molecule has 1 aromatic carbocycles. The molecule has 0 aliphatic carbocycles. The lowest BCUT2D eigenvalue weighted by molar-refractivity contribution is -0.117. The Morgan fingerprint density at radius 2 is 1.71 bits per heavy atom. The number of nitrogens with zero attached hydrogens (tertiary/aromatic N) is 2. The topological polar surface area (TPSA) is 61.9 Å². The second kappa shape index (κ2) is 10.7. The van der Waals surface area contributed by atoms with Gasteiger partial charge in [-0.1, -0.05) is 60.3 Å². The van der Waals surface area contributed by atoms with Crippen molar-refractivity contribution in [1.82, 2.24) is 9.80 Å². The number of carbonyl (C=O) groups excluding carboxylic acids is 2. The fourth-order valence-corrected chi connectivity index (χ4v) is 3.61. The van der Waals surface area contributed by atoms with Gasteiger partial charge in [-0.3, -0.25) is 9.69 Å². The van der Waals surface area contributed by atoms with Crippen LogP contribution in [-0.2, 0) is 9.53 Å². The van der Waals surface area contributed by atoms with Crippen molar-refractivity contribution in [2.75, 3.05) is 44.6 Å². The molecule has 2 rings (SSSR count). The molecule has 0 radical (unpaired) electrons. The van der Waals surface area contributed by atoms with E-state index in [0.29, 0.717) is 32.8 Å². The molecule has 156 valence electrons. The van der Waals surface area contributed by atoms with E-state index < -0.39 is 0 Å². The van der Waals surface area contributed by atoms with Gasteiger partial charge < -0.3 is 15.0 Å². The number of halogens is 4. The minimum atomic E-state index is -0.313. The predicted molar refractivity (Wildman–Crippen MR) is 114 cm³/mol. The zero-order valence-electron chi connectivity index (χ0n) is 15.7. The number of ether oxygens (including phenoxy) is 1. The fraction of sp³-hybridized carbons (Fsp3) is 0.556. The van der Waals surface area contributed by atoms with E-state index in [9.17, 15) is 9.59 Å². The number of carbonyl (C=O) groups is 2. The molecule has 0 atom stereocenters. The number of hydrogen-bond donors (Lipinski definition) is 1. The summed E-state index contributed by atoms with van der Waals surface area (Å²) < 4.78 is 5.28. The first-order valence-electron chi connectivity index (χ1n) is 8.96. The summed E-state index contributed by atoms with van der Waals surface area (Å²) in [5.41, 5.74) is 0.194. The standard InChI is InChI=1S/C18H23Cl4N3O3/c1-11(2)10-28-18(27)25-5-3-4-24(6-7-25)9-14(26)23-17-15(21)12(19)8-13(20)16(17)22/h8,11H,3-7,9-10H2,1-2H3,(H,23,26). The van der Waals surface area contributed by atoms with Crippen molar-refractivity contribution in [2.45, 2.75) is 20.3 Å². The first kappa shape index (κ1) is 23.4. The average molecular weight is 471 g/mol. The summed E-state index contributed by atoms with van der Waals surface area (Å²) in [5.74, 6) is -0.00673. The first-order chi connectivity index (χ1) is 13.2. The first-order valence-corrected chi connectivity index (χ1v) is 10.5. The summed E-state index contributed by atoms with van der Waals surface area (Å²) in [6.45, 7) is 6.83. The number of hydrogen-bond acceptors (Lipinski definition) is 4. The van der Waals surface area contributed by atoms with E-state index in [-0.39, 0.29) is 50.2 Å². The summed E-state index contributed by atoms with van der Waals surface area (Å²) in [5, 5.41) is 3.36. The Balaban J connectivity index is 1.91. The molecule has 1 aliphatic rings. The molecule has 28 heavy (non-hydrogen) atoms. The van der Waals surface area contributed by atoms with Gasteiger partial charge >= 0.3 is 6.09 Å². The van der Waals surface area contributed by atoms with E-state index in [1.165, 1.54) is 6.07 Å². The summed E-state index contributed by atoms with van der Waals surface area (Å²) in [6, 6.07) is 1.42. The fourth-order valence-electron chi connectivity index (χ4n) is 2.71. The van der Waals surface area contributed by atoms with Gasteiger partial charge in [0.1, 0.15) is 0 Å². The zero-order valence-corrected chi connectivity index (χ0v) is 18.8. The average Bonchev–Trinajstić information content (AvgIpc) is 2.87. The Hall–Kier alpha value is -0.920. The van der Waals surface area contributed by atoms with Crippen LogP contribution in [0.1, 0.15) is 20.3 Å². The molecule has 10 heteroatoms. The van der Waals surface area contributed by atoms with E-state index in [1.807, 2.05) is 18.7 Å². The van der Waals surface area contributed by atoms with Crippen LogP contribution in [0.4, 0.5) is 10.5 Å². The van der Waals surface area contributed by atoms with E-state index in [0.717, 1.165) is 6.42 Å². The number of amides is 2. The molecule has 6 nitrogen and oxygen atoms in total. The van der Waals surface area contributed by atoms with Crippen molar-refractivity contribution in [1.29, 1.82) is 0 Å². The smallest absolute Gasteiger partial charge is 0.409 e. The van der Waals surface area contributed by atoms with Crippen LogP contribution >= 0.6 is 46.4 Å². The van der Waals surface area contributed by atoms with Crippen molar-refractivity contribution in [3.05, 3.63) is 26.2 Å². The third-order valence-electron chi connectivity index (χ3n) is 4.13. The quantitative estimate of drug-likeness (QED) is 0.612. The molecule has 0 spiro atoms. The van der Waals surface area contributed by atoms with E-state index in [1.54, 1.807) is 4.90 Å². The number of rotatable bonds is 5. The van der Waals surface area contributed by atoms with Crippen molar-refractivity contribution >= 4 is 64.1 Å². The SMILES string of the molecule is CC(C)COC(=O)N1CCCN(CC(=O)Nc2c(Cl)c(Cl)cc(Cl)c2Cl)CC1. The number of anilines is 1. The summed E-state index contributed by atoms with van der Waals surface area (Å²) in [7, 11) is 0. The summed E-state index contributed by atoms with van der Waals surface area (Å²) in [6.07, 6.45) is 0.432. The molecule has 0 saturated carbocycles. The number of nitrogens with one attached hydrogen (secondary N) is 1. The highest BCUT2D eigenvalue weighted by molar-refractivity contribution is 6.50. The van der Waals surface area contributed by atoms with Gasteiger partial charge in [-0.2, -0.15) is 0 Å². The van der Waals surface area contributed by atoms with Crippen LogP contribution in [0.5, 0.6) is 0 Å². The zero-order chi connectivity index (χ0) is 20.8. The Labute approximate surface area is 185 Å². The normalized spacial score (nSPS) is 15.5. The molecule has 1 aliphatic heterocycles. The Morgan fingerprint density at radius 1 is 1.07 bits per heavy atom. The second-order valence-electron chi connectivity index (χ2n) is 6.98. The third-order valence-corrected chi connectivity index (χ3v) is 5.71. The van der Waals surface area contributed by atoms with Gasteiger partial charge in [0.25, 0.3) is 0 Å². The van der Waals surface area contributed by atoms with Gasteiger partial charge in [-0.15, -0.1) is 0 Å². The Morgan fingerprint density at radius 3 is 2.32 bits per heavy atom. The molecule has 1 saturated heterocycles. The van der Waals surface area contributed by atoms with Crippen molar-refractivity contribution in [3.8, 4) is 0 Å². The van der Waals surface area contributed by atoms with Crippen LogP contribution in [0.3, 0.4) is 0 Å². The maximum absolute atomic E-state index is 12.5. The van der Waals surface area contributed by atoms with Gasteiger partial charge in [0.2, 0.25) is 5.91 Å². The monoisotopic (exact) mass is 469 g/mol. The lowest BCUT2D eigenvalue weighted by Gasteiger charge is -2.22. The van der Waals surface area contributed by atoms with Crippen molar-refractivity contribution < 1.29 is 14.3 Å². The minimum absolute atomic E-state index is 0.131. The molecule has 1 N–H and O–H groups in total. The van der Waals surface area contributed by atoms with Gasteiger partial charge in [0, 0.05) is 26.2 Å². The molecule has 1 heterocycles. The number of benzene rings is 1. The van der Waals surface area contributed by atoms with E-state index in [4.69, 9.17) is 51.1 Å². The minimum Gasteiger partial charge on any atom is -0.449 e. The molecular formula is C18H23Cl4N3O3. The molecule has 1 aromatic rings. The maximum atomic E-state index is 12.5. The van der Waals surface area contributed by atoms with Gasteiger partial charge in [-0.25, -0.2) is 4.79 Å². The van der Waals surface area contributed by atoms with Crippen LogP contribution in [0, 0.1) is 5.92 Å². The van der Waals surface area contributed by atoms with Gasteiger partial charge in [0.05, 0.1) is 38.9 Å². The van der Waals surface area contributed by atoms with Crippen molar-refractivity contribution in [3.63, 3.8) is 0 Å². The molecular weight excluding hydrogens is 448 g/mol. The largest absolute Gasteiger partial charge is 0.449 e.